The lowest BCUT2D eigenvalue weighted by Gasteiger charge is -2.07. The van der Waals surface area contributed by atoms with Gasteiger partial charge in [0.05, 0.1) is 17.6 Å². The maximum absolute atomic E-state index is 4.63. The number of benzene rings is 1. The molecule has 3 aromatic heterocycles. The van der Waals surface area contributed by atoms with Crippen LogP contribution in [0.4, 0.5) is 11.6 Å². The zero-order valence-corrected chi connectivity index (χ0v) is 13.3. The molecule has 0 radical (unpaired) electrons. The molecule has 0 spiro atoms. The molecule has 118 valence electrons. The molecule has 5 heteroatoms. The molecule has 0 atom stereocenters. The van der Waals surface area contributed by atoms with Crippen LogP contribution in [0.15, 0.2) is 67.1 Å². The van der Waals surface area contributed by atoms with Crippen molar-refractivity contribution in [2.45, 2.75) is 13.3 Å². The highest BCUT2D eigenvalue weighted by atomic mass is 15.1. The van der Waals surface area contributed by atoms with Gasteiger partial charge in [-0.05, 0) is 42.3 Å². The average molecular weight is 315 g/mol. The fraction of sp³-hybridized carbons (Fsp3) is 0.105. The topological polar surface area (TPSA) is 55.1 Å². The lowest BCUT2D eigenvalue weighted by atomic mass is 10.1. The van der Waals surface area contributed by atoms with Crippen LogP contribution >= 0.6 is 0 Å². The number of aromatic nitrogens is 4. The molecule has 0 aliphatic rings. The zero-order valence-electron chi connectivity index (χ0n) is 13.3. The summed E-state index contributed by atoms with van der Waals surface area (Å²) in [5.41, 5.74) is 4.94. The quantitative estimate of drug-likeness (QED) is 0.616. The van der Waals surface area contributed by atoms with Crippen molar-refractivity contribution in [2.75, 3.05) is 5.32 Å². The van der Waals surface area contributed by atoms with Gasteiger partial charge in [0, 0.05) is 18.1 Å². The lowest BCUT2D eigenvalue weighted by molar-refractivity contribution is 1.12. The van der Waals surface area contributed by atoms with Crippen molar-refractivity contribution in [1.82, 2.24) is 19.4 Å². The number of aryl methyl sites for hydroxylation is 1. The second-order valence-electron chi connectivity index (χ2n) is 5.52. The molecule has 0 unspecified atom stereocenters. The van der Waals surface area contributed by atoms with E-state index < -0.39 is 0 Å². The Hall–Kier alpha value is -3.21. The summed E-state index contributed by atoms with van der Waals surface area (Å²) in [6, 6.07) is 16.1. The predicted molar refractivity (Wildman–Crippen MR) is 95.3 cm³/mol. The number of nitrogens with zero attached hydrogens (tertiary/aromatic N) is 4. The summed E-state index contributed by atoms with van der Waals surface area (Å²) in [6.07, 6.45) is 6.58. The number of pyridine rings is 1. The largest absolute Gasteiger partial charge is 0.324 e. The Kier molecular flexibility index (Phi) is 3.67. The highest BCUT2D eigenvalue weighted by molar-refractivity contribution is 5.62. The standard InChI is InChI=1S/C19H17N5/c1-2-14-6-5-7-15(12-14)22-19-20-10-9-16(23-19)17-13-21-18-8-3-4-11-24(17)18/h3-13H,2H2,1H3,(H,20,22,23). The van der Waals surface area contributed by atoms with E-state index in [1.54, 1.807) is 6.20 Å². The molecule has 4 aromatic rings. The monoisotopic (exact) mass is 315 g/mol. The van der Waals surface area contributed by atoms with Gasteiger partial charge in [-0.25, -0.2) is 15.0 Å². The maximum Gasteiger partial charge on any atom is 0.227 e. The highest BCUT2D eigenvalue weighted by Gasteiger charge is 2.08. The second-order valence-corrected chi connectivity index (χ2v) is 5.52. The molecule has 0 fully saturated rings. The summed E-state index contributed by atoms with van der Waals surface area (Å²) in [4.78, 5) is 13.4. The second kappa shape index (κ2) is 6.12. The molecule has 0 amide bonds. The molecule has 1 aromatic carbocycles. The Morgan fingerprint density at radius 3 is 2.92 bits per heavy atom. The van der Waals surface area contributed by atoms with Crippen molar-refractivity contribution >= 4 is 17.3 Å². The van der Waals surface area contributed by atoms with Crippen LogP contribution in [-0.4, -0.2) is 19.4 Å². The van der Waals surface area contributed by atoms with E-state index in [2.05, 4.69) is 39.3 Å². The molecule has 0 bridgehead atoms. The van der Waals surface area contributed by atoms with Crippen molar-refractivity contribution in [1.29, 1.82) is 0 Å². The summed E-state index contributed by atoms with van der Waals surface area (Å²) in [5, 5.41) is 3.28. The number of anilines is 2. The summed E-state index contributed by atoms with van der Waals surface area (Å²) < 4.78 is 2.02. The predicted octanol–water partition coefficient (Wildman–Crippen LogP) is 4.10. The Balaban J connectivity index is 1.68. The van der Waals surface area contributed by atoms with Crippen LogP contribution in [0.2, 0.25) is 0 Å². The molecule has 5 nitrogen and oxygen atoms in total. The van der Waals surface area contributed by atoms with Crippen LogP contribution in [0.5, 0.6) is 0 Å². The first-order chi connectivity index (χ1) is 11.8. The fourth-order valence-corrected chi connectivity index (χ4v) is 2.68. The van der Waals surface area contributed by atoms with E-state index in [-0.39, 0.29) is 0 Å². The summed E-state index contributed by atoms with van der Waals surface area (Å²) >= 11 is 0. The minimum Gasteiger partial charge on any atom is -0.324 e. The van der Waals surface area contributed by atoms with Crippen molar-refractivity contribution in [2.24, 2.45) is 0 Å². The average Bonchev–Trinajstić information content (AvgIpc) is 3.06. The highest BCUT2D eigenvalue weighted by Crippen LogP contribution is 2.21. The zero-order chi connectivity index (χ0) is 16.4. The van der Waals surface area contributed by atoms with Crippen LogP contribution in [-0.2, 0) is 6.42 Å². The van der Waals surface area contributed by atoms with Gasteiger partial charge in [-0.1, -0.05) is 25.1 Å². The van der Waals surface area contributed by atoms with Crippen molar-refractivity contribution in [3.05, 3.63) is 72.7 Å². The normalized spacial score (nSPS) is 10.9. The third-order valence-corrected chi connectivity index (χ3v) is 3.93. The Morgan fingerprint density at radius 2 is 2.00 bits per heavy atom. The van der Waals surface area contributed by atoms with Crippen molar-refractivity contribution < 1.29 is 0 Å². The number of imidazole rings is 1. The van der Waals surface area contributed by atoms with Gasteiger partial charge < -0.3 is 5.32 Å². The first kappa shape index (κ1) is 14.4. The summed E-state index contributed by atoms with van der Waals surface area (Å²) in [6.45, 7) is 2.14. The van der Waals surface area contributed by atoms with E-state index in [9.17, 15) is 0 Å². The van der Waals surface area contributed by atoms with Gasteiger partial charge in [0.15, 0.2) is 0 Å². The SMILES string of the molecule is CCc1cccc(Nc2nccc(-c3cnc4ccccn34)n2)c1. The van der Waals surface area contributed by atoms with E-state index in [4.69, 9.17) is 0 Å². The van der Waals surface area contributed by atoms with Crippen LogP contribution in [0, 0.1) is 0 Å². The van der Waals surface area contributed by atoms with Gasteiger partial charge in [-0.15, -0.1) is 0 Å². The van der Waals surface area contributed by atoms with Crippen LogP contribution < -0.4 is 5.32 Å². The molecule has 24 heavy (non-hydrogen) atoms. The van der Waals surface area contributed by atoms with Gasteiger partial charge in [0.25, 0.3) is 0 Å². The fourth-order valence-electron chi connectivity index (χ4n) is 2.68. The number of hydrogen-bond donors (Lipinski definition) is 1. The molecular formula is C19H17N5. The number of fused-ring (bicyclic) bond motifs is 1. The molecule has 1 N–H and O–H groups in total. The molecule has 3 heterocycles. The van der Waals surface area contributed by atoms with E-state index >= 15 is 0 Å². The molecule has 0 aliphatic heterocycles. The third-order valence-electron chi connectivity index (χ3n) is 3.93. The van der Waals surface area contributed by atoms with E-state index in [0.29, 0.717) is 5.95 Å². The van der Waals surface area contributed by atoms with Gasteiger partial charge in [0.2, 0.25) is 5.95 Å². The molecule has 4 rings (SSSR count). The third kappa shape index (κ3) is 2.72. The van der Waals surface area contributed by atoms with Crippen molar-refractivity contribution in [3.63, 3.8) is 0 Å². The molecule has 0 saturated heterocycles. The smallest absolute Gasteiger partial charge is 0.227 e. The molecular weight excluding hydrogens is 298 g/mol. The van der Waals surface area contributed by atoms with E-state index in [0.717, 1.165) is 29.1 Å². The number of nitrogens with one attached hydrogen (secondary N) is 1. The van der Waals surface area contributed by atoms with Crippen molar-refractivity contribution in [3.8, 4) is 11.4 Å². The van der Waals surface area contributed by atoms with Crippen LogP contribution in [0.3, 0.4) is 0 Å². The number of hydrogen-bond acceptors (Lipinski definition) is 4. The Morgan fingerprint density at radius 1 is 1.04 bits per heavy atom. The minimum atomic E-state index is 0.576. The summed E-state index contributed by atoms with van der Waals surface area (Å²) in [7, 11) is 0. The Labute approximate surface area is 140 Å². The van der Waals surface area contributed by atoms with Crippen LogP contribution in [0.25, 0.3) is 17.0 Å². The number of rotatable bonds is 4. The first-order valence-corrected chi connectivity index (χ1v) is 7.95. The first-order valence-electron chi connectivity index (χ1n) is 7.95. The molecule has 0 saturated carbocycles. The lowest BCUT2D eigenvalue weighted by Crippen LogP contribution is -1.99. The van der Waals surface area contributed by atoms with Gasteiger partial charge in [0.1, 0.15) is 5.65 Å². The van der Waals surface area contributed by atoms with E-state index in [1.807, 2.05) is 53.2 Å². The maximum atomic E-state index is 4.63. The van der Waals surface area contributed by atoms with E-state index in [1.165, 1.54) is 5.56 Å². The Bertz CT molecular complexity index is 990. The summed E-state index contributed by atoms with van der Waals surface area (Å²) in [5.74, 6) is 0.576. The van der Waals surface area contributed by atoms with Gasteiger partial charge >= 0.3 is 0 Å². The minimum absolute atomic E-state index is 0.576. The van der Waals surface area contributed by atoms with Crippen LogP contribution in [0.1, 0.15) is 12.5 Å². The molecule has 0 aliphatic carbocycles. The van der Waals surface area contributed by atoms with Gasteiger partial charge in [-0.2, -0.15) is 0 Å². The van der Waals surface area contributed by atoms with Gasteiger partial charge in [-0.3, -0.25) is 4.40 Å².